The molecule has 16 heavy (non-hydrogen) atoms. The Balaban J connectivity index is 2.11. The molecule has 94 valence electrons. The Kier molecular flexibility index (Phi) is 5.18. The van der Waals surface area contributed by atoms with Crippen LogP contribution in [0.4, 0.5) is 0 Å². The molecule has 0 spiro atoms. The molecule has 1 rings (SSSR count). The van der Waals surface area contributed by atoms with E-state index in [1.54, 1.807) is 14.0 Å². The molecular formula is C11H22N2O3. The molecule has 0 radical (unpaired) electrons. The van der Waals surface area contributed by atoms with Gasteiger partial charge in [0.2, 0.25) is 5.91 Å². The first-order valence-corrected chi connectivity index (χ1v) is 5.75. The van der Waals surface area contributed by atoms with E-state index in [9.17, 15) is 9.90 Å². The summed E-state index contributed by atoms with van der Waals surface area (Å²) in [7, 11) is 1.62. The fourth-order valence-electron chi connectivity index (χ4n) is 1.76. The highest BCUT2D eigenvalue weighted by molar-refractivity contribution is 5.78. The number of hydrogen-bond acceptors (Lipinski definition) is 4. The van der Waals surface area contributed by atoms with Gasteiger partial charge in [-0.2, -0.15) is 0 Å². The summed E-state index contributed by atoms with van der Waals surface area (Å²) in [5.74, 6) is 0.123. The van der Waals surface area contributed by atoms with E-state index in [2.05, 4.69) is 10.6 Å². The van der Waals surface area contributed by atoms with Crippen molar-refractivity contribution in [1.82, 2.24) is 10.6 Å². The van der Waals surface area contributed by atoms with Crippen molar-refractivity contribution in [2.24, 2.45) is 0 Å². The smallest absolute Gasteiger partial charge is 0.220 e. The maximum absolute atomic E-state index is 11.0. The first kappa shape index (κ1) is 13.4. The molecule has 2 atom stereocenters. The van der Waals surface area contributed by atoms with Crippen molar-refractivity contribution in [3.63, 3.8) is 0 Å². The highest BCUT2D eigenvalue weighted by Gasteiger charge is 2.23. The van der Waals surface area contributed by atoms with Crippen LogP contribution >= 0.6 is 0 Å². The normalized spacial score (nSPS) is 24.2. The molecule has 1 heterocycles. The van der Waals surface area contributed by atoms with E-state index < -0.39 is 5.60 Å². The number of nitrogens with one attached hydrogen (secondary N) is 2. The van der Waals surface area contributed by atoms with Gasteiger partial charge in [0.1, 0.15) is 0 Å². The van der Waals surface area contributed by atoms with Crippen molar-refractivity contribution in [3.8, 4) is 0 Å². The van der Waals surface area contributed by atoms with E-state index in [0.29, 0.717) is 26.0 Å². The van der Waals surface area contributed by atoms with Crippen molar-refractivity contribution in [2.75, 3.05) is 26.8 Å². The number of hydrogen-bond donors (Lipinski definition) is 3. The zero-order valence-corrected chi connectivity index (χ0v) is 10.1. The Morgan fingerprint density at radius 2 is 2.44 bits per heavy atom. The van der Waals surface area contributed by atoms with Crippen LogP contribution in [0, 0.1) is 0 Å². The number of ether oxygens (including phenoxy) is 1. The summed E-state index contributed by atoms with van der Waals surface area (Å²) < 4.78 is 4.93. The minimum absolute atomic E-state index is 0.123. The van der Waals surface area contributed by atoms with Gasteiger partial charge in [-0.1, -0.05) is 0 Å². The summed E-state index contributed by atoms with van der Waals surface area (Å²) in [6.45, 7) is 3.57. The predicted molar refractivity (Wildman–Crippen MR) is 61.2 cm³/mol. The molecule has 0 aromatic rings. The second-order valence-electron chi connectivity index (χ2n) is 4.67. The molecule has 2 unspecified atom stereocenters. The van der Waals surface area contributed by atoms with Crippen LogP contribution in [0.5, 0.6) is 0 Å². The summed E-state index contributed by atoms with van der Waals surface area (Å²) in [6.07, 6.45) is 2.10. The van der Waals surface area contributed by atoms with E-state index in [1.807, 2.05) is 0 Å². The van der Waals surface area contributed by atoms with Crippen molar-refractivity contribution in [2.45, 2.75) is 37.8 Å². The van der Waals surface area contributed by atoms with Gasteiger partial charge in [0.15, 0.2) is 0 Å². The number of carbonyl (C=O) groups is 1. The lowest BCUT2D eigenvalue weighted by Crippen LogP contribution is -2.43. The first-order chi connectivity index (χ1) is 7.53. The minimum atomic E-state index is -0.751. The lowest BCUT2D eigenvalue weighted by Gasteiger charge is -2.24. The summed E-state index contributed by atoms with van der Waals surface area (Å²) in [5.41, 5.74) is -0.751. The minimum Gasteiger partial charge on any atom is -0.389 e. The van der Waals surface area contributed by atoms with Crippen LogP contribution < -0.4 is 10.6 Å². The lowest BCUT2D eigenvalue weighted by molar-refractivity contribution is -0.119. The maximum atomic E-state index is 11.0. The SMILES string of the molecule is COCCC(C)(O)CNCC1CCC(=O)N1. The van der Waals surface area contributed by atoms with Crippen LogP contribution in [0.3, 0.4) is 0 Å². The van der Waals surface area contributed by atoms with Crippen molar-refractivity contribution < 1.29 is 14.6 Å². The largest absolute Gasteiger partial charge is 0.389 e. The highest BCUT2D eigenvalue weighted by atomic mass is 16.5. The molecule has 0 aromatic carbocycles. The van der Waals surface area contributed by atoms with Crippen molar-refractivity contribution in [1.29, 1.82) is 0 Å². The van der Waals surface area contributed by atoms with E-state index in [4.69, 9.17) is 4.74 Å². The highest BCUT2D eigenvalue weighted by Crippen LogP contribution is 2.09. The average Bonchev–Trinajstić information content (AvgIpc) is 2.61. The first-order valence-electron chi connectivity index (χ1n) is 5.75. The number of amides is 1. The Hall–Kier alpha value is -0.650. The zero-order valence-electron chi connectivity index (χ0n) is 10.1. The van der Waals surface area contributed by atoms with Gasteiger partial charge in [-0.25, -0.2) is 0 Å². The van der Waals surface area contributed by atoms with Crippen LogP contribution in [0.2, 0.25) is 0 Å². The fourth-order valence-corrected chi connectivity index (χ4v) is 1.76. The molecule has 1 fully saturated rings. The second kappa shape index (κ2) is 6.18. The average molecular weight is 230 g/mol. The molecule has 3 N–H and O–H groups in total. The van der Waals surface area contributed by atoms with E-state index in [1.165, 1.54) is 0 Å². The van der Waals surface area contributed by atoms with Crippen LogP contribution in [0.15, 0.2) is 0 Å². The molecule has 1 saturated heterocycles. The zero-order chi connectivity index (χ0) is 12.0. The van der Waals surface area contributed by atoms with Crippen LogP contribution in [0.25, 0.3) is 0 Å². The standard InChI is InChI=1S/C11H22N2O3/c1-11(15,5-6-16-2)8-12-7-9-3-4-10(14)13-9/h9,12,15H,3-8H2,1-2H3,(H,13,14). The summed E-state index contributed by atoms with van der Waals surface area (Å²) in [5, 5.41) is 16.0. The molecule has 0 saturated carbocycles. The molecule has 0 bridgehead atoms. The van der Waals surface area contributed by atoms with Crippen molar-refractivity contribution in [3.05, 3.63) is 0 Å². The molecule has 0 aliphatic carbocycles. The fraction of sp³-hybridized carbons (Fsp3) is 0.909. The predicted octanol–water partition coefficient (Wildman–Crippen LogP) is -0.358. The third-order valence-electron chi connectivity index (χ3n) is 2.83. The third kappa shape index (κ3) is 4.92. The number of rotatable bonds is 7. The van der Waals surface area contributed by atoms with Gasteiger partial charge in [-0.15, -0.1) is 0 Å². The molecule has 5 heteroatoms. The van der Waals surface area contributed by atoms with Gasteiger partial charge in [0, 0.05) is 45.7 Å². The van der Waals surface area contributed by atoms with Gasteiger partial charge in [0.05, 0.1) is 5.60 Å². The number of methoxy groups -OCH3 is 1. The molecule has 1 amide bonds. The molecule has 1 aliphatic heterocycles. The van der Waals surface area contributed by atoms with E-state index in [-0.39, 0.29) is 11.9 Å². The monoisotopic (exact) mass is 230 g/mol. The maximum Gasteiger partial charge on any atom is 0.220 e. The van der Waals surface area contributed by atoms with Gasteiger partial charge in [0.25, 0.3) is 0 Å². The van der Waals surface area contributed by atoms with E-state index in [0.717, 1.165) is 13.0 Å². The Morgan fingerprint density at radius 3 is 3.00 bits per heavy atom. The van der Waals surface area contributed by atoms with Gasteiger partial charge >= 0.3 is 0 Å². The van der Waals surface area contributed by atoms with E-state index >= 15 is 0 Å². The molecule has 5 nitrogen and oxygen atoms in total. The topological polar surface area (TPSA) is 70.6 Å². The summed E-state index contributed by atoms with van der Waals surface area (Å²) in [4.78, 5) is 11.0. The Bertz CT molecular complexity index is 231. The van der Waals surface area contributed by atoms with Gasteiger partial charge < -0.3 is 20.5 Å². The molecule has 0 aromatic heterocycles. The Morgan fingerprint density at radius 1 is 1.69 bits per heavy atom. The van der Waals surface area contributed by atoms with Crippen molar-refractivity contribution >= 4 is 5.91 Å². The third-order valence-corrected chi connectivity index (χ3v) is 2.83. The van der Waals surface area contributed by atoms with Crippen LogP contribution in [-0.4, -0.2) is 49.5 Å². The van der Waals surface area contributed by atoms with Crippen LogP contribution in [0.1, 0.15) is 26.2 Å². The Labute approximate surface area is 96.6 Å². The molecule has 1 aliphatic rings. The summed E-state index contributed by atoms with van der Waals surface area (Å²) >= 11 is 0. The molecular weight excluding hydrogens is 208 g/mol. The number of aliphatic hydroxyl groups is 1. The summed E-state index contributed by atoms with van der Waals surface area (Å²) in [6, 6.07) is 0.214. The van der Waals surface area contributed by atoms with Gasteiger partial charge in [-0.05, 0) is 13.3 Å². The van der Waals surface area contributed by atoms with Crippen LogP contribution in [-0.2, 0) is 9.53 Å². The van der Waals surface area contributed by atoms with Gasteiger partial charge in [-0.3, -0.25) is 4.79 Å². The quantitative estimate of drug-likeness (QED) is 0.559. The second-order valence-corrected chi connectivity index (χ2v) is 4.67. The lowest BCUT2D eigenvalue weighted by atomic mass is 10.0. The number of carbonyl (C=O) groups excluding carboxylic acids is 1.